The Bertz CT molecular complexity index is 1050. The molecule has 0 saturated carbocycles. The van der Waals surface area contributed by atoms with Crippen molar-refractivity contribution in [1.29, 1.82) is 0 Å². The van der Waals surface area contributed by atoms with Crippen molar-refractivity contribution in [2.75, 3.05) is 18.4 Å². The summed E-state index contributed by atoms with van der Waals surface area (Å²) in [5.41, 5.74) is 1.39. The molecule has 0 aliphatic carbocycles. The number of anilines is 1. The lowest BCUT2D eigenvalue weighted by molar-refractivity contribution is -0.112. The second-order valence-corrected chi connectivity index (χ2v) is 9.16. The number of likely N-dealkylation sites (tertiary alicyclic amines) is 1. The van der Waals surface area contributed by atoms with Gasteiger partial charge in [0.15, 0.2) is 4.91 Å². The fourth-order valence-corrected chi connectivity index (χ4v) is 5.47. The molecular weight excluding hydrogens is 379 g/mol. The Hall–Kier alpha value is -2.67. The Kier molecular flexibility index (Phi) is 4.71. The molecule has 146 valence electrons. The van der Waals surface area contributed by atoms with E-state index >= 15 is 0 Å². The molecule has 28 heavy (non-hydrogen) atoms. The molecule has 0 radical (unpaired) electrons. The maximum absolute atomic E-state index is 13.2. The highest BCUT2D eigenvalue weighted by molar-refractivity contribution is 7.97. The number of nitrogens with zero attached hydrogens (tertiary/aromatic N) is 1. The molecule has 2 aromatic rings. The number of rotatable bonds is 3. The van der Waals surface area contributed by atoms with Gasteiger partial charge in [0, 0.05) is 24.3 Å². The third-order valence-electron chi connectivity index (χ3n) is 5.32. The topological polar surface area (TPSA) is 66.5 Å². The smallest absolute Gasteiger partial charge is 0.269 e. The lowest BCUT2D eigenvalue weighted by Crippen LogP contribution is -2.33. The first-order chi connectivity index (χ1) is 13.4. The van der Waals surface area contributed by atoms with Crippen LogP contribution < -0.4 is 5.32 Å². The SMILES string of the molecule is CC1CCN(C2=C(C(=O)Nc3ccc(F)cc3)S(=O)(=O)c3ccccc32)CC1. The Balaban J connectivity index is 1.78. The van der Waals surface area contributed by atoms with Crippen LogP contribution in [0.1, 0.15) is 25.3 Å². The number of piperidine rings is 1. The third kappa shape index (κ3) is 3.20. The van der Waals surface area contributed by atoms with Gasteiger partial charge in [-0.05, 0) is 49.1 Å². The normalized spacial score (nSPS) is 18.9. The summed E-state index contributed by atoms with van der Waals surface area (Å²) in [6.45, 7) is 3.58. The molecule has 0 unspecified atom stereocenters. The largest absolute Gasteiger partial charge is 0.370 e. The van der Waals surface area contributed by atoms with Gasteiger partial charge < -0.3 is 10.2 Å². The van der Waals surface area contributed by atoms with Gasteiger partial charge in [0.25, 0.3) is 5.91 Å². The lowest BCUT2D eigenvalue weighted by atomic mass is 9.97. The zero-order valence-electron chi connectivity index (χ0n) is 15.5. The first-order valence-corrected chi connectivity index (χ1v) is 10.8. The number of fused-ring (bicyclic) bond motifs is 1. The molecule has 2 heterocycles. The summed E-state index contributed by atoms with van der Waals surface area (Å²) in [4.78, 5) is 15.0. The lowest BCUT2D eigenvalue weighted by Gasteiger charge is -2.33. The van der Waals surface area contributed by atoms with Gasteiger partial charge in [-0.3, -0.25) is 4.79 Å². The summed E-state index contributed by atoms with van der Waals surface area (Å²) < 4.78 is 39.5. The van der Waals surface area contributed by atoms with Crippen molar-refractivity contribution in [3.05, 3.63) is 64.8 Å². The highest BCUT2D eigenvalue weighted by Crippen LogP contribution is 2.42. The van der Waals surface area contributed by atoms with Crippen molar-refractivity contribution in [2.45, 2.75) is 24.7 Å². The molecule has 4 rings (SSSR count). The van der Waals surface area contributed by atoms with Crippen LogP contribution >= 0.6 is 0 Å². The predicted octanol–water partition coefficient (Wildman–Crippen LogP) is 3.65. The minimum absolute atomic E-state index is 0.160. The van der Waals surface area contributed by atoms with Gasteiger partial charge in [-0.2, -0.15) is 0 Å². The van der Waals surface area contributed by atoms with Gasteiger partial charge in [0.2, 0.25) is 9.84 Å². The summed E-state index contributed by atoms with van der Waals surface area (Å²) >= 11 is 0. The predicted molar refractivity (Wildman–Crippen MR) is 106 cm³/mol. The summed E-state index contributed by atoms with van der Waals surface area (Å²) in [5, 5.41) is 2.61. The number of hydrogen-bond donors (Lipinski definition) is 1. The summed E-state index contributed by atoms with van der Waals surface area (Å²) in [6.07, 6.45) is 1.89. The highest BCUT2D eigenvalue weighted by Gasteiger charge is 2.42. The van der Waals surface area contributed by atoms with Crippen LogP contribution in [-0.2, 0) is 14.6 Å². The third-order valence-corrected chi connectivity index (χ3v) is 7.17. The Morgan fingerprint density at radius 3 is 2.39 bits per heavy atom. The fourth-order valence-electron chi connectivity index (χ4n) is 3.75. The Labute approximate surface area is 163 Å². The number of carbonyl (C=O) groups is 1. The molecular formula is C21H21FN2O3S. The molecule has 0 atom stereocenters. The number of nitrogens with one attached hydrogen (secondary N) is 1. The number of sulfone groups is 1. The van der Waals surface area contributed by atoms with Crippen LogP contribution in [0.3, 0.4) is 0 Å². The summed E-state index contributed by atoms with van der Waals surface area (Å²) in [6, 6.07) is 12.0. The van der Waals surface area contributed by atoms with E-state index in [-0.39, 0.29) is 9.80 Å². The van der Waals surface area contributed by atoms with E-state index in [1.54, 1.807) is 18.2 Å². The maximum Gasteiger partial charge on any atom is 0.269 e. The Morgan fingerprint density at radius 1 is 1.07 bits per heavy atom. The first-order valence-electron chi connectivity index (χ1n) is 9.28. The molecule has 1 N–H and O–H groups in total. The average Bonchev–Trinajstić information content (AvgIpc) is 2.92. The van der Waals surface area contributed by atoms with E-state index in [1.807, 2.05) is 4.90 Å². The maximum atomic E-state index is 13.2. The minimum Gasteiger partial charge on any atom is -0.370 e. The second kappa shape index (κ2) is 7.05. The first kappa shape index (κ1) is 18.7. The van der Waals surface area contributed by atoms with Crippen LogP contribution in [0.4, 0.5) is 10.1 Å². The zero-order valence-corrected chi connectivity index (χ0v) is 16.3. The van der Waals surface area contributed by atoms with Gasteiger partial charge in [0.1, 0.15) is 5.82 Å². The second-order valence-electron chi connectivity index (χ2n) is 7.31. The van der Waals surface area contributed by atoms with Crippen LogP contribution in [0, 0.1) is 11.7 Å². The quantitative estimate of drug-likeness (QED) is 0.854. The molecule has 0 aromatic heterocycles. The van der Waals surface area contributed by atoms with Gasteiger partial charge in [-0.25, -0.2) is 12.8 Å². The highest BCUT2D eigenvalue weighted by atomic mass is 32.2. The molecule has 1 fully saturated rings. The molecule has 0 bridgehead atoms. The van der Waals surface area contributed by atoms with E-state index in [0.29, 0.717) is 36.0 Å². The molecule has 2 aromatic carbocycles. The number of carbonyl (C=O) groups excluding carboxylic acids is 1. The molecule has 0 spiro atoms. The van der Waals surface area contributed by atoms with Gasteiger partial charge in [0.05, 0.1) is 10.6 Å². The van der Waals surface area contributed by atoms with Crippen molar-refractivity contribution in [2.24, 2.45) is 5.92 Å². The molecule has 2 aliphatic heterocycles. The van der Waals surface area contributed by atoms with Crippen molar-refractivity contribution >= 4 is 27.1 Å². The molecule has 5 nitrogen and oxygen atoms in total. The monoisotopic (exact) mass is 400 g/mol. The average molecular weight is 400 g/mol. The number of halogens is 1. The number of hydrogen-bond acceptors (Lipinski definition) is 4. The van der Waals surface area contributed by atoms with Crippen molar-refractivity contribution in [3.63, 3.8) is 0 Å². The van der Waals surface area contributed by atoms with Crippen LogP contribution in [0.25, 0.3) is 5.70 Å². The number of benzene rings is 2. The molecule has 2 aliphatic rings. The van der Waals surface area contributed by atoms with Crippen LogP contribution in [0.2, 0.25) is 0 Å². The molecule has 1 saturated heterocycles. The van der Waals surface area contributed by atoms with E-state index in [1.165, 1.54) is 30.3 Å². The summed E-state index contributed by atoms with van der Waals surface area (Å²) in [7, 11) is -3.93. The molecule has 1 amide bonds. The Morgan fingerprint density at radius 2 is 1.71 bits per heavy atom. The number of amides is 1. The molecule has 7 heteroatoms. The standard InChI is InChI=1S/C21H21FN2O3S/c1-14-10-12-24(13-11-14)19-17-4-2-3-5-18(17)28(26,27)20(19)21(25)23-16-8-6-15(22)7-9-16/h2-9,14H,10-13H2,1H3,(H,23,25). The van der Waals surface area contributed by atoms with E-state index in [4.69, 9.17) is 0 Å². The van der Waals surface area contributed by atoms with E-state index < -0.39 is 21.6 Å². The fraction of sp³-hybridized carbons (Fsp3) is 0.286. The van der Waals surface area contributed by atoms with Gasteiger partial charge in [-0.1, -0.05) is 25.1 Å². The van der Waals surface area contributed by atoms with E-state index in [2.05, 4.69) is 12.2 Å². The van der Waals surface area contributed by atoms with Crippen molar-refractivity contribution in [1.82, 2.24) is 4.90 Å². The van der Waals surface area contributed by atoms with E-state index in [9.17, 15) is 17.6 Å². The summed E-state index contributed by atoms with van der Waals surface area (Å²) in [5.74, 6) is -0.556. The van der Waals surface area contributed by atoms with E-state index in [0.717, 1.165) is 12.8 Å². The van der Waals surface area contributed by atoms with Gasteiger partial charge in [-0.15, -0.1) is 0 Å². The van der Waals surface area contributed by atoms with Crippen molar-refractivity contribution in [3.8, 4) is 0 Å². The van der Waals surface area contributed by atoms with Crippen LogP contribution in [0.5, 0.6) is 0 Å². The minimum atomic E-state index is -3.93. The van der Waals surface area contributed by atoms with Crippen molar-refractivity contribution < 1.29 is 17.6 Å². The van der Waals surface area contributed by atoms with Gasteiger partial charge >= 0.3 is 0 Å². The van der Waals surface area contributed by atoms with Crippen LogP contribution in [0.15, 0.2) is 58.3 Å². The van der Waals surface area contributed by atoms with Crippen LogP contribution in [-0.4, -0.2) is 32.3 Å². The zero-order chi connectivity index (χ0) is 19.9.